The summed E-state index contributed by atoms with van der Waals surface area (Å²) in [6.07, 6.45) is -0.0123. The lowest BCUT2D eigenvalue weighted by Crippen LogP contribution is -2.32. The molecule has 138 valence electrons. The van der Waals surface area contributed by atoms with Crippen molar-refractivity contribution in [2.75, 3.05) is 13.7 Å². The Labute approximate surface area is 151 Å². The maximum atomic E-state index is 13.7. The Kier molecular flexibility index (Phi) is 5.52. The van der Waals surface area contributed by atoms with Crippen LogP contribution in [0.15, 0.2) is 42.5 Å². The van der Waals surface area contributed by atoms with Gasteiger partial charge in [0.2, 0.25) is 5.91 Å². The van der Waals surface area contributed by atoms with Crippen LogP contribution in [0.25, 0.3) is 0 Å². The van der Waals surface area contributed by atoms with Gasteiger partial charge >= 0.3 is 0 Å². The van der Waals surface area contributed by atoms with Crippen molar-refractivity contribution in [1.82, 2.24) is 4.90 Å². The van der Waals surface area contributed by atoms with Crippen molar-refractivity contribution >= 4 is 5.91 Å². The molecule has 0 radical (unpaired) electrons. The van der Waals surface area contributed by atoms with E-state index in [4.69, 9.17) is 4.74 Å². The maximum Gasteiger partial charge on any atom is 0.223 e. The van der Waals surface area contributed by atoms with Crippen LogP contribution in [0.3, 0.4) is 0 Å². The molecule has 0 spiro atoms. The second-order valence-corrected chi connectivity index (χ2v) is 6.46. The third-order valence-electron chi connectivity index (χ3n) is 4.69. The van der Waals surface area contributed by atoms with E-state index in [0.717, 1.165) is 23.8 Å². The van der Waals surface area contributed by atoms with Crippen molar-refractivity contribution in [3.63, 3.8) is 0 Å². The highest BCUT2D eigenvalue weighted by Gasteiger charge is 2.35. The summed E-state index contributed by atoms with van der Waals surface area (Å²) < 4.78 is 32.2. The van der Waals surface area contributed by atoms with Crippen molar-refractivity contribution < 1.29 is 23.4 Å². The van der Waals surface area contributed by atoms with E-state index in [0.29, 0.717) is 12.2 Å². The lowest BCUT2D eigenvalue weighted by molar-refractivity contribution is -0.132. The summed E-state index contributed by atoms with van der Waals surface area (Å²) in [5.74, 6) is -0.569. The minimum atomic E-state index is -0.610. The first-order chi connectivity index (χ1) is 12.5. The summed E-state index contributed by atoms with van der Waals surface area (Å²) in [4.78, 5) is 14.3. The topological polar surface area (TPSA) is 49.8 Å². The van der Waals surface area contributed by atoms with Crippen LogP contribution in [-0.4, -0.2) is 35.7 Å². The first-order valence-electron chi connectivity index (χ1n) is 8.53. The average Bonchev–Trinajstić information content (AvgIpc) is 3.04. The number of ether oxygens (including phenoxy) is 1. The molecule has 1 aliphatic rings. The number of amides is 1. The monoisotopic (exact) mass is 361 g/mol. The van der Waals surface area contributed by atoms with E-state index < -0.39 is 17.7 Å². The van der Waals surface area contributed by atoms with Crippen LogP contribution < -0.4 is 4.74 Å². The van der Waals surface area contributed by atoms with Crippen LogP contribution in [0.5, 0.6) is 5.75 Å². The fourth-order valence-corrected chi connectivity index (χ4v) is 3.37. The van der Waals surface area contributed by atoms with Gasteiger partial charge in [0.05, 0.1) is 19.3 Å². The molecule has 1 heterocycles. The van der Waals surface area contributed by atoms with E-state index >= 15 is 0 Å². The number of rotatable bonds is 5. The number of hydrogen-bond donors (Lipinski definition) is 1. The highest BCUT2D eigenvalue weighted by atomic mass is 19.1. The van der Waals surface area contributed by atoms with Gasteiger partial charge in [0.15, 0.2) is 0 Å². The van der Waals surface area contributed by atoms with Gasteiger partial charge in [-0.05, 0) is 54.3 Å². The zero-order valence-electron chi connectivity index (χ0n) is 14.5. The number of aryl methyl sites for hydroxylation is 1. The van der Waals surface area contributed by atoms with Gasteiger partial charge in [0, 0.05) is 13.0 Å². The Morgan fingerprint density at radius 3 is 2.85 bits per heavy atom. The standard InChI is InChI=1S/C20H21F2NO3/c1-26-17-4-2-3-14(10-17)19-11-16(24)12-23(19)20(25)8-5-13-9-15(21)6-7-18(13)22/h2-4,6-7,9-10,16,19,24H,5,8,11-12H2,1H3/t16-,19-/m0/s1. The number of halogens is 2. The fourth-order valence-electron chi connectivity index (χ4n) is 3.37. The van der Waals surface area contributed by atoms with Gasteiger partial charge in [-0.3, -0.25) is 4.79 Å². The Balaban J connectivity index is 1.73. The molecule has 2 aromatic rings. The fraction of sp³-hybridized carbons (Fsp3) is 0.350. The third kappa shape index (κ3) is 4.02. The normalized spacial score (nSPS) is 19.6. The van der Waals surface area contributed by atoms with E-state index in [9.17, 15) is 18.7 Å². The summed E-state index contributed by atoms with van der Waals surface area (Å²) in [6.45, 7) is 0.229. The molecule has 1 amide bonds. The number of benzene rings is 2. The number of aliphatic hydroxyl groups excluding tert-OH is 1. The van der Waals surface area contributed by atoms with Crippen LogP contribution in [0, 0.1) is 11.6 Å². The molecule has 0 aliphatic carbocycles. The second-order valence-electron chi connectivity index (χ2n) is 6.46. The summed E-state index contributed by atoms with van der Waals surface area (Å²) >= 11 is 0. The Bertz CT molecular complexity index is 796. The van der Waals surface area contributed by atoms with E-state index in [1.165, 1.54) is 0 Å². The van der Waals surface area contributed by atoms with E-state index in [1.54, 1.807) is 12.0 Å². The van der Waals surface area contributed by atoms with Crippen LogP contribution in [0.1, 0.15) is 30.0 Å². The van der Waals surface area contributed by atoms with Crippen molar-refractivity contribution in [1.29, 1.82) is 0 Å². The van der Waals surface area contributed by atoms with Crippen LogP contribution >= 0.6 is 0 Å². The molecule has 2 aromatic carbocycles. The number of hydrogen-bond acceptors (Lipinski definition) is 3. The predicted molar refractivity (Wildman–Crippen MR) is 92.8 cm³/mol. The van der Waals surface area contributed by atoms with Crippen molar-refractivity contribution in [2.24, 2.45) is 0 Å². The van der Waals surface area contributed by atoms with Crippen molar-refractivity contribution in [3.8, 4) is 5.75 Å². The largest absolute Gasteiger partial charge is 0.497 e. The molecule has 2 atom stereocenters. The Morgan fingerprint density at radius 1 is 1.27 bits per heavy atom. The van der Waals surface area contributed by atoms with Gasteiger partial charge in [-0.1, -0.05) is 12.1 Å². The van der Waals surface area contributed by atoms with Crippen molar-refractivity contribution in [3.05, 3.63) is 65.2 Å². The first-order valence-corrected chi connectivity index (χ1v) is 8.53. The maximum absolute atomic E-state index is 13.7. The zero-order chi connectivity index (χ0) is 18.7. The number of β-amino-alcohol motifs (C(OH)–C–C–N with tert-alkyl or cyclic N) is 1. The number of nitrogens with zero attached hydrogens (tertiary/aromatic N) is 1. The van der Waals surface area contributed by atoms with Crippen LogP contribution in [0.4, 0.5) is 8.78 Å². The molecule has 26 heavy (non-hydrogen) atoms. The number of methoxy groups -OCH3 is 1. The van der Waals surface area contributed by atoms with Gasteiger partial charge in [-0.15, -0.1) is 0 Å². The molecule has 0 bridgehead atoms. The average molecular weight is 361 g/mol. The van der Waals surface area contributed by atoms with Gasteiger partial charge < -0.3 is 14.7 Å². The second kappa shape index (κ2) is 7.83. The van der Waals surface area contributed by atoms with Gasteiger partial charge in [0.25, 0.3) is 0 Å². The van der Waals surface area contributed by atoms with E-state index in [1.807, 2.05) is 24.3 Å². The summed E-state index contributed by atoms with van der Waals surface area (Å²) in [5.41, 5.74) is 1.06. The van der Waals surface area contributed by atoms with Gasteiger partial charge in [-0.2, -0.15) is 0 Å². The quantitative estimate of drug-likeness (QED) is 0.890. The van der Waals surface area contributed by atoms with Gasteiger partial charge in [0.1, 0.15) is 17.4 Å². The smallest absolute Gasteiger partial charge is 0.223 e. The molecule has 1 aliphatic heterocycles. The first kappa shape index (κ1) is 18.3. The molecule has 0 unspecified atom stereocenters. The molecule has 1 fully saturated rings. The van der Waals surface area contributed by atoms with Gasteiger partial charge in [-0.25, -0.2) is 8.78 Å². The summed E-state index contributed by atoms with van der Waals surface area (Å²) in [7, 11) is 1.57. The Morgan fingerprint density at radius 2 is 2.08 bits per heavy atom. The molecule has 0 saturated carbocycles. The minimum Gasteiger partial charge on any atom is -0.497 e. The lowest BCUT2D eigenvalue weighted by atomic mass is 10.0. The third-order valence-corrected chi connectivity index (χ3v) is 4.69. The molecule has 3 rings (SSSR count). The molecular weight excluding hydrogens is 340 g/mol. The molecular formula is C20H21F2NO3. The number of likely N-dealkylation sites (tertiary alicyclic amines) is 1. The summed E-state index contributed by atoms with van der Waals surface area (Å²) in [6, 6.07) is 10.3. The summed E-state index contributed by atoms with van der Waals surface area (Å²) in [5, 5.41) is 10.0. The Hall–Kier alpha value is -2.47. The SMILES string of the molecule is COc1cccc([C@@H]2C[C@H](O)CN2C(=O)CCc2cc(F)ccc2F)c1. The van der Waals surface area contributed by atoms with E-state index in [2.05, 4.69) is 0 Å². The number of carbonyl (C=O) groups excluding carboxylic acids is 1. The van der Waals surface area contributed by atoms with E-state index in [-0.39, 0.29) is 36.9 Å². The molecule has 4 nitrogen and oxygen atoms in total. The van der Waals surface area contributed by atoms with Crippen molar-refractivity contribution in [2.45, 2.75) is 31.4 Å². The highest BCUT2D eigenvalue weighted by molar-refractivity contribution is 5.77. The lowest BCUT2D eigenvalue weighted by Gasteiger charge is -2.25. The molecule has 0 aromatic heterocycles. The van der Waals surface area contributed by atoms with Crippen LogP contribution in [-0.2, 0) is 11.2 Å². The number of aliphatic hydroxyl groups is 1. The highest BCUT2D eigenvalue weighted by Crippen LogP contribution is 2.34. The molecule has 1 N–H and O–H groups in total. The minimum absolute atomic E-state index is 0.0492. The number of carbonyl (C=O) groups is 1. The van der Waals surface area contributed by atoms with Crippen LogP contribution in [0.2, 0.25) is 0 Å². The predicted octanol–water partition coefficient (Wildman–Crippen LogP) is 3.24. The molecule has 1 saturated heterocycles. The zero-order valence-corrected chi connectivity index (χ0v) is 14.5. The molecule has 6 heteroatoms.